The highest BCUT2D eigenvalue weighted by atomic mass is 79.9. The Balaban J connectivity index is 2.08. The SMILES string of the molecule is CSc1n[n+]2c(c(=O)[nH]1)-c1ccccc1N(C(C)=O)[C@@H]2c1ccc(Br)cc1. The van der Waals surface area contributed by atoms with Gasteiger partial charge in [0.1, 0.15) is 0 Å². The van der Waals surface area contributed by atoms with Crippen molar-refractivity contribution >= 4 is 39.3 Å². The Hall–Kier alpha value is -2.45. The monoisotopic (exact) mass is 443 g/mol. The number of hydrogen-bond donors (Lipinski definition) is 1. The maximum absolute atomic E-state index is 12.9. The fourth-order valence-electron chi connectivity index (χ4n) is 3.34. The Morgan fingerprint density at radius 1 is 1.22 bits per heavy atom. The van der Waals surface area contributed by atoms with Gasteiger partial charge in [-0.25, -0.2) is 4.90 Å². The Morgan fingerprint density at radius 2 is 1.93 bits per heavy atom. The van der Waals surface area contributed by atoms with Crippen molar-refractivity contribution < 1.29 is 9.48 Å². The highest BCUT2D eigenvalue weighted by molar-refractivity contribution is 9.10. The standard InChI is InChI=1S/C19H15BrN4O2S/c1-11(25)23-15-6-4-3-5-14(15)16-17(26)21-19(27-2)22-24(16)18(23)12-7-9-13(20)10-8-12/h3-10,18H,1-2H3/p+1/t18-/m0/s1. The largest absolute Gasteiger partial charge is 0.325 e. The third-order valence-electron chi connectivity index (χ3n) is 4.46. The van der Waals surface area contributed by atoms with Crippen LogP contribution < -0.4 is 15.1 Å². The molecule has 0 saturated carbocycles. The van der Waals surface area contributed by atoms with Gasteiger partial charge in [0.15, 0.2) is 0 Å². The summed E-state index contributed by atoms with van der Waals surface area (Å²) in [7, 11) is 0. The Morgan fingerprint density at radius 3 is 2.59 bits per heavy atom. The molecule has 2 aromatic carbocycles. The van der Waals surface area contributed by atoms with Gasteiger partial charge in [-0.2, -0.15) is 0 Å². The number of amides is 1. The maximum Gasteiger partial charge on any atom is 0.325 e. The molecular formula is C19H16BrN4O2S+. The second-order valence-electron chi connectivity index (χ2n) is 6.09. The second kappa shape index (κ2) is 6.94. The van der Waals surface area contributed by atoms with E-state index in [0.717, 1.165) is 10.0 Å². The van der Waals surface area contributed by atoms with Crippen molar-refractivity contribution in [2.75, 3.05) is 11.2 Å². The molecule has 0 saturated heterocycles. The van der Waals surface area contributed by atoms with E-state index >= 15 is 0 Å². The number of aromatic amines is 1. The van der Waals surface area contributed by atoms with Crippen molar-refractivity contribution in [2.24, 2.45) is 0 Å². The summed E-state index contributed by atoms with van der Waals surface area (Å²) in [5.74, 6) is -0.124. The quantitative estimate of drug-likeness (QED) is 0.487. The molecule has 2 heterocycles. The van der Waals surface area contributed by atoms with Crippen LogP contribution in [0.2, 0.25) is 0 Å². The van der Waals surface area contributed by atoms with Crippen LogP contribution in [0.3, 0.4) is 0 Å². The van der Waals surface area contributed by atoms with E-state index in [1.54, 1.807) is 9.58 Å². The lowest BCUT2D eigenvalue weighted by Crippen LogP contribution is -2.60. The molecule has 1 atom stereocenters. The van der Waals surface area contributed by atoms with Gasteiger partial charge in [0, 0.05) is 22.1 Å². The normalized spacial score (nSPS) is 15.2. The number of H-pyrrole nitrogens is 1. The van der Waals surface area contributed by atoms with Crippen LogP contribution in [0, 0.1) is 0 Å². The summed E-state index contributed by atoms with van der Waals surface area (Å²) >= 11 is 4.79. The summed E-state index contributed by atoms with van der Waals surface area (Å²) in [5.41, 5.74) is 2.45. The van der Waals surface area contributed by atoms with Crippen LogP contribution in [0.15, 0.2) is 63.0 Å². The van der Waals surface area contributed by atoms with Crippen LogP contribution in [0.1, 0.15) is 18.7 Å². The average Bonchev–Trinajstić information content (AvgIpc) is 2.67. The molecule has 1 aromatic heterocycles. The van der Waals surface area contributed by atoms with Gasteiger partial charge in [-0.15, -0.1) is 0 Å². The summed E-state index contributed by atoms with van der Waals surface area (Å²) in [5, 5.41) is 5.12. The maximum atomic E-state index is 12.9. The average molecular weight is 444 g/mol. The highest BCUT2D eigenvalue weighted by Gasteiger charge is 2.44. The number of hydrogen-bond acceptors (Lipinski definition) is 4. The molecular weight excluding hydrogens is 428 g/mol. The van der Waals surface area contributed by atoms with Gasteiger partial charge < -0.3 is 0 Å². The summed E-state index contributed by atoms with van der Waals surface area (Å²) in [6.45, 7) is 1.52. The summed E-state index contributed by atoms with van der Waals surface area (Å²) in [6.07, 6.45) is 1.30. The fourth-order valence-corrected chi connectivity index (χ4v) is 3.97. The third-order valence-corrected chi connectivity index (χ3v) is 5.56. The summed E-state index contributed by atoms with van der Waals surface area (Å²) in [6, 6.07) is 15.1. The lowest BCUT2D eigenvalue weighted by atomic mass is 10.0. The number of thioether (sulfide) groups is 1. The molecule has 8 heteroatoms. The molecule has 1 aliphatic heterocycles. The Bertz CT molecular complexity index is 1100. The zero-order chi connectivity index (χ0) is 19.1. The number of rotatable bonds is 2. The van der Waals surface area contributed by atoms with Gasteiger partial charge >= 0.3 is 11.3 Å². The number of halogens is 1. The second-order valence-corrected chi connectivity index (χ2v) is 7.80. The molecule has 136 valence electrons. The molecule has 27 heavy (non-hydrogen) atoms. The predicted octanol–water partition coefficient (Wildman–Crippen LogP) is 3.12. The Labute approximate surface area is 168 Å². The number of aromatic nitrogens is 3. The number of carbonyl (C=O) groups excluding carboxylic acids is 1. The number of anilines is 1. The molecule has 0 fully saturated rings. The molecule has 3 aromatic rings. The van der Waals surface area contributed by atoms with Gasteiger partial charge in [-0.1, -0.05) is 39.8 Å². The van der Waals surface area contributed by atoms with E-state index in [1.165, 1.54) is 18.7 Å². The van der Waals surface area contributed by atoms with Crippen molar-refractivity contribution in [3.05, 3.63) is 68.9 Å². The first-order valence-electron chi connectivity index (χ1n) is 8.26. The zero-order valence-electron chi connectivity index (χ0n) is 14.6. The van der Waals surface area contributed by atoms with E-state index in [0.29, 0.717) is 22.1 Å². The highest BCUT2D eigenvalue weighted by Crippen LogP contribution is 2.37. The lowest BCUT2D eigenvalue weighted by molar-refractivity contribution is -0.763. The molecule has 0 bridgehead atoms. The van der Waals surface area contributed by atoms with E-state index in [1.807, 2.05) is 54.8 Å². The minimum absolute atomic E-state index is 0.124. The number of para-hydroxylation sites is 1. The van der Waals surface area contributed by atoms with Crippen LogP contribution in [0.25, 0.3) is 11.3 Å². The molecule has 0 spiro atoms. The minimum atomic E-state index is -0.548. The molecule has 0 unspecified atom stereocenters. The molecule has 6 nitrogen and oxygen atoms in total. The van der Waals surface area contributed by atoms with Crippen LogP contribution in [0.5, 0.6) is 0 Å². The van der Waals surface area contributed by atoms with E-state index in [-0.39, 0.29) is 11.5 Å². The Kier molecular flexibility index (Phi) is 4.61. The van der Waals surface area contributed by atoms with E-state index in [2.05, 4.69) is 26.0 Å². The first-order valence-corrected chi connectivity index (χ1v) is 10.3. The van der Waals surface area contributed by atoms with Crippen LogP contribution >= 0.6 is 27.7 Å². The van der Waals surface area contributed by atoms with Crippen molar-refractivity contribution in [2.45, 2.75) is 18.2 Å². The molecule has 1 N–H and O–H groups in total. The van der Waals surface area contributed by atoms with E-state index < -0.39 is 6.17 Å². The topological polar surface area (TPSA) is 69.9 Å². The van der Waals surface area contributed by atoms with E-state index in [4.69, 9.17) is 0 Å². The first-order chi connectivity index (χ1) is 13.0. The van der Waals surface area contributed by atoms with Gasteiger partial charge in [-0.3, -0.25) is 14.6 Å². The molecule has 1 amide bonds. The number of benzene rings is 2. The van der Waals surface area contributed by atoms with Crippen LogP contribution in [-0.4, -0.2) is 22.2 Å². The zero-order valence-corrected chi connectivity index (χ0v) is 17.0. The minimum Gasteiger partial charge on any atom is -0.291 e. The molecule has 0 aliphatic carbocycles. The third kappa shape index (κ3) is 2.98. The van der Waals surface area contributed by atoms with Gasteiger partial charge in [0.25, 0.3) is 6.17 Å². The van der Waals surface area contributed by atoms with Crippen LogP contribution in [0.4, 0.5) is 5.69 Å². The van der Waals surface area contributed by atoms with Crippen molar-refractivity contribution in [3.8, 4) is 11.3 Å². The van der Waals surface area contributed by atoms with Gasteiger partial charge in [-0.05, 0) is 47.3 Å². The summed E-state index contributed by atoms with van der Waals surface area (Å²) < 4.78 is 2.59. The molecule has 0 radical (unpaired) electrons. The van der Waals surface area contributed by atoms with Crippen molar-refractivity contribution in [1.29, 1.82) is 0 Å². The van der Waals surface area contributed by atoms with Crippen LogP contribution in [-0.2, 0) is 4.79 Å². The van der Waals surface area contributed by atoms with Gasteiger partial charge in [0.2, 0.25) is 11.1 Å². The van der Waals surface area contributed by atoms with Crippen molar-refractivity contribution in [1.82, 2.24) is 10.1 Å². The smallest absolute Gasteiger partial charge is 0.291 e. The summed E-state index contributed by atoms with van der Waals surface area (Å²) in [4.78, 5) is 30.0. The number of nitrogens with zero attached hydrogens (tertiary/aromatic N) is 3. The first kappa shape index (κ1) is 17.9. The number of fused-ring (bicyclic) bond motifs is 3. The van der Waals surface area contributed by atoms with Crippen molar-refractivity contribution in [3.63, 3.8) is 0 Å². The number of carbonyl (C=O) groups is 1. The lowest BCUT2D eigenvalue weighted by Gasteiger charge is -2.31. The predicted molar refractivity (Wildman–Crippen MR) is 108 cm³/mol. The number of nitrogens with one attached hydrogen (secondary N) is 1. The van der Waals surface area contributed by atoms with Gasteiger partial charge in [0.05, 0.1) is 11.3 Å². The van der Waals surface area contributed by atoms with E-state index in [9.17, 15) is 9.59 Å². The molecule has 1 aliphatic rings. The fraction of sp³-hybridized carbons (Fsp3) is 0.158. The molecule has 4 rings (SSSR count).